The highest BCUT2D eigenvalue weighted by atomic mass is 16.2. The predicted octanol–water partition coefficient (Wildman–Crippen LogP) is 1.35. The SMILES string of the molecule is Cn1nc(N)c2ccc([C@@H]3CCCN(C(=O)CN4CCCC4)C3)nc21. The number of nitrogens with two attached hydrogens (primary N) is 1. The number of hydrogen-bond donors (Lipinski definition) is 1. The maximum Gasteiger partial charge on any atom is 0.236 e. The standard InChI is InChI=1S/C18H26N6O/c1-22-18-14(17(19)21-22)6-7-15(20-18)13-5-4-10-24(11-13)16(25)12-23-8-2-3-9-23/h6-7,13H,2-5,8-12H2,1H3,(H2,19,21)/t13-/m1/s1. The van der Waals surface area contributed by atoms with Gasteiger partial charge in [0.25, 0.3) is 0 Å². The van der Waals surface area contributed by atoms with Gasteiger partial charge in [-0.3, -0.25) is 9.69 Å². The summed E-state index contributed by atoms with van der Waals surface area (Å²) in [6, 6.07) is 4.05. The third kappa shape index (κ3) is 3.20. The van der Waals surface area contributed by atoms with Crippen molar-refractivity contribution in [3.8, 4) is 0 Å². The van der Waals surface area contributed by atoms with Crippen molar-refractivity contribution >= 4 is 22.8 Å². The fourth-order valence-electron chi connectivity index (χ4n) is 4.08. The van der Waals surface area contributed by atoms with Crippen LogP contribution >= 0.6 is 0 Å². The average Bonchev–Trinajstić information content (AvgIpc) is 3.23. The van der Waals surface area contributed by atoms with Crippen LogP contribution in [-0.4, -0.2) is 63.2 Å². The molecule has 0 aliphatic carbocycles. The van der Waals surface area contributed by atoms with E-state index in [1.807, 2.05) is 24.1 Å². The van der Waals surface area contributed by atoms with Gasteiger partial charge in [0.1, 0.15) is 0 Å². The molecule has 0 spiro atoms. The van der Waals surface area contributed by atoms with E-state index in [1.165, 1.54) is 12.8 Å². The number of fused-ring (bicyclic) bond motifs is 1. The molecular weight excluding hydrogens is 316 g/mol. The van der Waals surface area contributed by atoms with Crippen LogP contribution < -0.4 is 5.73 Å². The summed E-state index contributed by atoms with van der Waals surface area (Å²) in [5, 5.41) is 5.13. The van der Waals surface area contributed by atoms with Crippen LogP contribution in [0.3, 0.4) is 0 Å². The minimum atomic E-state index is 0.262. The van der Waals surface area contributed by atoms with Gasteiger partial charge in [-0.05, 0) is 50.9 Å². The van der Waals surface area contributed by atoms with Crippen molar-refractivity contribution in [1.82, 2.24) is 24.6 Å². The number of nitrogens with zero attached hydrogens (tertiary/aromatic N) is 5. The number of pyridine rings is 1. The topological polar surface area (TPSA) is 80.3 Å². The Kier molecular flexibility index (Phi) is 4.33. The van der Waals surface area contributed by atoms with Gasteiger partial charge < -0.3 is 10.6 Å². The Morgan fingerprint density at radius 1 is 1.24 bits per heavy atom. The number of carbonyl (C=O) groups is 1. The van der Waals surface area contributed by atoms with E-state index in [9.17, 15) is 4.79 Å². The first-order valence-corrected chi connectivity index (χ1v) is 9.21. The Hall–Kier alpha value is -2.15. The zero-order valence-corrected chi connectivity index (χ0v) is 14.8. The van der Waals surface area contributed by atoms with Crippen LogP contribution in [-0.2, 0) is 11.8 Å². The summed E-state index contributed by atoms with van der Waals surface area (Å²) in [5.74, 6) is 1.07. The molecule has 4 heterocycles. The second-order valence-corrected chi connectivity index (χ2v) is 7.28. The molecule has 0 aromatic carbocycles. The molecule has 7 nitrogen and oxygen atoms in total. The van der Waals surface area contributed by atoms with Gasteiger partial charge in [-0.1, -0.05) is 0 Å². The number of amides is 1. The Balaban J connectivity index is 1.48. The van der Waals surface area contributed by atoms with Crippen LogP contribution in [0.25, 0.3) is 11.0 Å². The lowest BCUT2D eigenvalue weighted by atomic mass is 9.94. The number of aryl methyl sites for hydroxylation is 1. The number of aromatic nitrogens is 3. The van der Waals surface area contributed by atoms with E-state index >= 15 is 0 Å². The van der Waals surface area contributed by atoms with E-state index in [1.54, 1.807) is 4.68 Å². The molecule has 2 aromatic heterocycles. The summed E-state index contributed by atoms with van der Waals surface area (Å²) in [6.07, 6.45) is 4.53. The molecular formula is C18H26N6O. The number of likely N-dealkylation sites (tertiary alicyclic amines) is 2. The quantitative estimate of drug-likeness (QED) is 0.911. The molecule has 0 saturated carbocycles. The minimum Gasteiger partial charge on any atom is -0.382 e. The van der Waals surface area contributed by atoms with Crippen LogP contribution in [0.4, 0.5) is 5.82 Å². The zero-order chi connectivity index (χ0) is 17.4. The lowest BCUT2D eigenvalue weighted by Gasteiger charge is -2.33. The highest BCUT2D eigenvalue weighted by Gasteiger charge is 2.27. The number of rotatable bonds is 3. The van der Waals surface area contributed by atoms with Crippen molar-refractivity contribution in [3.05, 3.63) is 17.8 Å². The van der Waals surface area contributed by atoms with Crippen molar-refractivity contribution in [2.75, 3.05) is 38.5 Å². The highest BCUT2D eigenvalue weighted by Crippen LogP contribution is 2.28. The second kappa shape index (κ2) is 6.63. The summed E-state index contributed by atoms with van der Waals surface area (Å²) in [5.41, 5.74) is 7.77. The molecule has 0 radical (unpaired) electrons. The lowest BCUT2D eigenvalue weighted by molar-refractivity contribution is -0.133. The van der Waals surface area contributed by atoms with Crippen LogP contribution in [0.1, 0.15) is 37.3 Å². The van der Waals surface area contributed by atoms with E-state index in [0.29, 0.717) is 12.4 Å². The lowest BCUT2D eigenvalue weighted by Crippen LogP contribution is -2.44. The van der Waals surface area contributed by atoms with Crippen LogP contribution in [0.15, 0.2) is 12.1 Å². The van der Waals surface area contributed by atoms with Crippen molar-refractivity contribution in [2.24, 2.45) is 7.05 Å². The van der Waals surface area contributed by atoms with Gasteiger partial charge in [-0.25, -0.2) is 9.67 Å². The zero-order valence-electron chi connectivity index (χ0n) is 14.8. The fraction of sp³-hybridized carbons (Fsp3) is 0.611. The first-order valence-electron chi connectivity index (χ1n) is 9.21. The third-order valence-electron chi connectivity index (χ3n) is 5.49. The summed E-state index contributed by atoms with van der Waals surface area (Å²) in [7, 11) is 1.86. The molecule has 25 heavy (non-hydrogen) atoms. The number of nitrogen functional groups attached to an aromatic ring is 1. The molecule has 134 valence electrons. The Bertz CT molecular complexity index is 779. The summed E-state index contributed by atoms with van der Waals surface area (Å²) in [6.45, 7) is 4.31. The van der Waals surface area contributed by atoms with Gasteiger partial charge in [-0.15, -0.1) is 0 Å². The molecule has 2 saturated heterocycles. The maximum absolute atomic E-state index is 12.6. The van der Waals surface area contributed by atoms with Crippen molar-refractivity contribution in [2.45, 2.75) is 31.6 Å². The average molecular weight is 342 g/mol. The predicted molar refractivity (Wildman–Crippen MR) is 97.2 cm³/mol. The van der Waals surface area contributed by atoms with Gasteiger partial charge in [0.05, 0.1) is 11.9 Å². The van der Waals surface area contributed by atoms with E-state index in [0.717, 1.165) is 55.7 Å². The molecule has 0 bridgehead atoms. The Labute approximate surface area is 147 Å². The monoisotopic (exact) mass is 342 g/mol. The van der Waals surface area contributed by atoms with E-state index < -0.39 is 0 Å². The maximum atomic E-state index is 12.6. The molecule has 2 N–H and O–H groups in total. The molecule has 0 unspecified atom stereocenters. The van der Waals surface area contributed by atoms with E-state index in [-0.39, 0.29) is 11.8 Å². The minimum absolute atomic E-state index is 0.262. The van der Waals surface area contributed by atoms with E-state index in [2.05, 4.69) is 10.00 Å². The third-order valence-corrected chi connectivity index (χ3v) is 5.49. The highest BCUT2D eigenvalue weighted by molar-refractivity contribution is 5.86. The molecule has 2 aliphatic heterocycles. The number of carbonyl (C=O) groups excluding carboxylic acids is 1. The molecule has 7 heteroatoms. The van der Waals surface area contributed by atoms with Crippen molar-refractivity contribution < 1.29 is 4.79 Å². The molecule has 1 amide bonds. The van der Waals surface area contributed by atoms with Crippen molar-refractivity contribution in [3.63, 3.8) is 0 Å². The Morgan fingerprint density at radius 3 is 2.84 bits per heavy atom. The number of piperidine rings is 1. The van der Waals surface area contributed by atoms with Gasteiger partial charge >= 0.3 is 0 Å². The fourth-order valence-corrected chi connectivity index (χ4v) is 4.08. The first-order chi connectivity index (χ1) is 12.1. The molecule has 4 rings (SSSR count). The summed E-state index contributed by atoms with van der Waals surface area (Å²) in [4.78, 5) is 21.7. The summed E-state index contributed by atoms with van der Waals surface area (Å²) < 4.78 is 1.73. The van der Waals surface area contributed by atoms with Crippen LogP contribution in [0.5, 0.6) is 0 Å². The molecule has 2 fully saturated rings. The Morgan fingerprint density at radius 2 is 2.04 bits per heavy atom. The van der Waals surface area contributed by atoms with Gasteiger partial charge in [-0.2, -0.15) is 5.10 Å². The first kappa shape index (κ1) is 16.3. The molecule has 1 atom stereocenters. The second-order valence-electron chi connectivity index (χ2n) is 7.28. The van der Waals surface area contributed by atoms with E-state index in [4.69, 9.17) is 10.7 Å². The van der Waals surface area contributed by atoms with Gasteiger partial charge in [0.2, 0.25) is 5.91 Å². The molecule has 2 aliphatic rings. The number of hydrogen-bond acceptors (Lipinski definition) is 5. The van der Waals surface area contributed by atoms with Gasteiger partial charge in [0, 0.05) is 31.7 Å². The normalized spacial score (nSPS) is 22.0. The van der Waals surface area contributed by atoms with Crippen LogP contribution in [0, 0.1) is 0 Å². The number of anilines is 1. The largest absolute Gasteiger partial charge is 0.382 e. The van der Waals surface area contributed by atoms with Crippen LogP contribution in [0.2, 0.25) is 0 Å². The van der Waals surface area contributed by atoms with Crippen molar-refractivity contribution in [1.29, 1.82) is 0 Å². The molecule has 2 aromatic rings. The van der Waals surface area contributed by atoms with Gasteiger partial charge in [0.15, 0.2) is 11.5 Å². The smallest absolute Gasteiger partial charge is 0.236 e. The summed E-state index contributed by atoms with van der Waals surface area (Å²) >= 11 is 0.